The fourth-order valence-corrected chi connectivity index (χ4v) is 1.12. The molecule has 0 saturated carbocycles. The first-order valence-electron chi connectivity index (χ1n) is 4.95. The zero-order chi connectivity index (χ0) is 12.0. The number of aliphatic hydroxyl groups is 2. The Morgan fingerprint density at radius 2 is 2.19 bits per heavy atom. The van der Waals surface area contributed by atoms with Gasteiger partial charge in [0.25, 0.3) is 0 Å². The zero-order valence-corrected chi connectivity index (χ0v) is 9.14. The second-order valence-corrected chi connectivity index (χ2v) is 3.89. The van der Waals surface area contributed by atoms with Crippen molar-refractivity contribution in [2.45, 2.75) is 19.0 Å². The molecule has 0 spiro atoms. The molecule has 0 aromatic carbocycles. The van der Waals surface area contributed by atoms with Crippen LogP contribution in [0.2, 0.25) is 0 Å². The highest BCUT2D eigenvalue weighted by molar-refractivity contribution is 5.25. The molecular formula is C11H15N3O2. The van der Waals surface area contributed by atoms with Crippen molar-refractivity contribution in [3.8, 4) is 6.07 Å². The number of pyridine rings is 1. The van der Waals surface area contributed by atoms with E-state index in [1.54, 1.807) is 25.3 Å². The van der Waals surface area contributed by atoms with Gasteiger partial charge >= 0.3 is 0 Å². The van der Waals surface area contributed by atoms with E-state index in [4.69, 9.17) is 15.5 Å². The first-order valence-corrected chi connectivity index (χ1v) is 4.95. The SMILES string of the molecule is CC(CO)(CO)NCc1ccnc(C#N)c1. The molecule has 0 aliphatic rings. The second kappa shape index (κ2) is 5.56. The Morgan fingerprint density at radius 1 is 1.50 bits per heavy atom. The van der Waals surface area contributed by atoms with Gasteiger partial charge in [-0.25, -0.2) is 4.98 Å². The molecule has 1 heterocycles. The highest BCUT2D eigenvalue weighted by atomic mass is 16.3. The van der Waals surface area contributed by atoms with Crippen molar-refractivity contribution in [1.82, 2.24) is 10.3 Å². The van der Waals surface area contributed by atoms with E-state index in [-0.39, 0.29) is 13.2 Å². The summed E-state index contributed by atoms with van der Waals surface area (Å²) in [7, 11) is 0. The number of nitriles is 1. The summed E-state index contributed by atoms with van der Waals surface area (Å²) in [6.07, 6.45) is 1.56. The molecule has 5 nitrogen and oxygen atoms in total. The van der Waals surface area contributed by atoms with Crippen LogP contribution in [0, 0.1) is 11.3 Å². The van der Waals surface area contributed by atoms with Crippen LogP contribution in [0.25, 0.3) is 0 Å². The minimum absolute atomic E-state index is 0.153. The summed E-state index contributed by atoms with van der Waals surface area (Å²) >= 11 is 0. The van der Waals surface area contributed by atoms with Gasteiger partial charge in [-0.15, -0.1) is 0 Å². The summed E-state index contributed by atoms with van der Waals surface area (Å²) in [4.78, 5) is 3.85. The van der Waals surface area contributed by atoms with E-state index in [9.17, 15) is 0 Å². The van der Waals surface area contributed by atoms with Crippen LogP contribution in [0.3, 0.4) is 0 Å². The highest BCUT2D eigenvalue weighted by Gasteiger charge is 2.20. The van der Waals surface area contributed by atoms with E-state index in [1.165, 1.54) is 0 Å². The third-order valence-corrected chi connectivity index (χ3v) is 2.36. The zero-order valence-electron chi connectivity index (χ0n) is 9.14. The predicted octanol–water partition coefficient (Wildman–Crippen LogP) is -0.214. The maximum Gasteiger partial charge on any atom is 0.140 e. The first-order chi connectivity index (χ1) is 7.63. The fraction of sp³-hybridized carbons (Fsp3) is 0.455. The molecule has 5 heteroatoms. The van der Waals surface area contributed by atoms with Crippen LogP contribution >= 0.6 is 0 Å². The number of hydrogen-bond donors (Lipinski definition) is 3. The maximum absolute atomic E-state index is 9.08. The monoisotopic (exact) mass is 221 g/mol. The third-order valence-electron chi connectivity index (χ3n) is 2.36. The van der Waals surface area contributed by atoms with Crippen LogP contribution in [0.4, 0.5) is 0 Å². The maximum atomic E-state index is 9.08. The van der Waals surface area contributed by atoms with Crippen molar-refractivity contribution < 1.29 is 10.2 Å². The highest BCUT2D eigenvalue weighted by Crippen LogP contribution is 2.05. The second-order valence-electron chi connectivity index (χ2n) is 3.89. The Bertz CT molecular complexity index is 383. The molecule has 0 atom stereocenters. The van der Waals surface area contributed by atoms with Gasteiger partial charge < -0.3 is 15.5 Å². The van der Waals surface area contributed by atoms with Crippen molar-refractivity contribution in [2.75, 3.05) is 13.2 Å². The van der Waals surface area contributed by atoms with Gasteiger partial charge in [-0.1, -0.05) is 0 Å². The smallest absolute Gasteiger partial charge is 0.140 e. The Kier molecular flexibility index (Phi) is 4.38. The van der Waals surface area contributed by atoms with E-state index in [2.05, 4.69) is 10.3 Å². The molecule has 0 unspecified atom stereocenters. The minimum atomic E-state index is -0.712. The molecule has 3 N–H and O–H groups in total. The summed E-state index contributed by atoms with van der Waals surface area (Å²) < 4.78 is 0. The van der Waals surface area contributed by atoms with Crippen LogP contribution in [-0.4, -0.2) is 33.9 Å². The van der Waals surface area contributed by atoms with E-state index in [0.29, 0.717) is 12.2 Å². The molecular weight excluding hydrogens is 206 g/mol. The summed E-state index contributed by atoms with van der Waals surface area (Å²) in [5, 5.41) is 29.8. The van der Waals surface area contributed by atoms with Crippen molar-refractivity contribution in [1.29, 1.82) is 5.26 Å². The van der Waals surface area contributed by atoms with Crippen LogP contribution in [0.5, 0.6) is 0 Å². The van der Waals surface area contributed by atoms with Gasteiger partial charge in [-0.05, 0) is 24.6 Å². The molecule has 0 radical (unpaired) electrons. The van der Waals surface area contributed by atoms with Crippen molar-refractivity contribution in [3.63, 3.8) is 0 Å². The fourth-order valence-electron chi connectivity index (χ4n) is 1.12. The van der Waals surface area contributed by atoms with Crippen LogP contribution < -0.4 is 5.32 Å². The minimum Gasteiger partial charge on any atom is -0.394 e. The summed E-state index contributed by atoms with van der Waals surface area (Å²) in [5.41, 5.74) is 0.532. The number of hydrogen-bond acceptors (Lipinski definition) is 5. The lowest BCUT2D eigenvalue weighted by molar-refractivity contribution is 0.103. The Hall–Kier alpha value is -1.48. The largest absolute Gasteiger partial charge is 0.394 e. The predicted molar refractivity (Wildman–Crippen MR) is 58.4 cm³/mol. The molecule has 1 aromatic heterocycles. The van der Waals surface area contributed by atoms with Gasteiger partial charge in [0.05, 0.1) is 18.8 Å². The molecule has 0 aliphatic carbocycles. The number of rotatable bonds is 5. The van der Waals surface area contributed by atoms with Crippen molar-refractivity contribution >= 4 is 0 Å². The number of aliphatic hydroxyl groups excluding tert-OH is 2. The third kappa shape index (κ3) is 3.28. The molecule has 0 fully saturated rings. The van der Waals surface area contributed by atoms with Gasteiger partial charge in [0.15, 0.2) is 0 Å². The summed E-state index contributed by atoms with van der Waals surface area (Å²) in [5.74, 6) is 0. The quantitative estimate of drug-likeness (QED) is 0.640. The number of nitrogens with one attached hydrogen (secondary N) is 1. The van der Waals surface area contributed by atoms with Gasteiger partial charge in [0, 0.05) is 12.7 Å². The van der Waals surface area contributed by atoms with E-state index >= 15 is 0 Å². The van der Waals surface area contributed by atoms with Crippen molar-refractivity contribution in [3.05, 3.63) is 29.6 Å². The lowest BCUT2D eigenvalue weighted by atomic mass is 10.1. The number of nitrogens with zero attached hydrogens (tertiary/aromatic N) is 2. The van der Waals surface area contributed by atoms with Crippen molar-refractivity contribution in [2.24, 2.45) is 0 Å². The Balaban J connectivity index is 2.64. The average Bonchev–Trinajstić information content (AvgIpc) is 2.36. The molecule has 1 aromatic rings. The Morgan fingerprint density at radius 3 is 2.75 bits per heavy atom. The molecule has 0 bridgehead atoms. The first kappa shape index (κ1) is 12.6. The average molecular weight is 221 g/mol. The van der Waals surface area contributed by atoms with Gasteiger partial charge in [-0.3, -0.25) is 0 Å². The van der Waals surface area contributed by atoms with E-state index < -0.39 is 5.54 Å². The van der Waals surface area contributed by atoms with Crippen LogP contribution in [-0.2, 0) is 6.54 Å². The molecule has 16 heavy (non-hydrogen) atoms. The molecule has 86 valence electrons. The molecule has 0 aliphatic heterocycles. The van der Waals surface area contributed by atoms with Crippen LogP contribution in [0.15, 0.2) is 18.3 Å². The summed E-state index contributed by atoms with van der Waals surface area (Å²) in [6, 6.07) is 5.40. The normalized spacial score (nSPS) is 11.1. The lowest BCUT2D eigenvalue weighted by Crippen LogP contribution is -2.48. The van der Waals surface area contributed by atoms with Crippen LogP contribution in [0.1, 0.15) is 18.2 Å². The van der Waals surface area contributed by atoms with E-state index in [1.807, 2.05) is 6.07 Å². The van der Waals surface area contributed by atoms with E-state index in [0.717, 1.165) is 5.56 Å². The molecule has 1 rings (SSSR count). The van der Waals surface area contributed by atoms with Gasteiger partial charge in [0.2, 0.25) is 0 Å². The summed E-state index contributed by atoms with van der Waals surface area (Å²) in [6.45, 7) is 1.88. The molecule has 0 amide bonds. The lowest BCUT2D eigenvalue weighted by Gasteiger charge is -2.26. The standard InChI is InChI=1S/C11H15N3O2/c1-11(7-15,8-16)14-6-9-2-3-13-10(4-9)5-12/h2-4,14-16H,6-8H2,1H3. The van der Waals surface area contributed by atoms with Gasteiger partial charge in [0.1, 0.15) is 11.8 Å². The Labute approximate surface area is 94.4 Å². The van der Waals surface area contributed by atoms with Gasteiger partial charge in [-0.2, -0.15) is 5.26 Å². The molecule has 0 saturated heterocycles. The number of aromatic nitrogens is 1. The topological polar surface area (TPSA) is 89.2 Å².